The lowest BCUT2D eigenvalue weighted by atomic mass is 10.3. The Morgan fingerprint density at radius 2 is 1.88 bits per heavy atom. The first-order chi connectivity index (χ1) is 8.00. The van der Waals surface area contributed by atoms with Crippen LogP contribution < -0.4 is 17.2 Å². The Hall–Kier alpha value is -1.83. The number of hydrogen-bond donors (Lipinski definition) is 3. The summed E-state index contributed by atoms with van der Waals surface area (Å²) in [5, 5.41) is 0. The maximum Gasteiger partial charge on any atom is 0.247 e. The van der Waals surface area contributed by atoms with Crippen LogP contribution >= 0.6 is 0 Å². The van der Waals surface area contributed by atoms with Gasteiger partial charge in [-0.15, -0.1) is 0 Å². The normalized spacial score (nSPS) is 18.6. The monoisotopic (exact) mass is 242 g/mol. The number of aliphatic imine (C=N–C) groups is 2. The molecule has 1 aliphatic rings. The number of ether oxygens (including phenoxy) is 1. The van der Waals surface area contributed by atoms with Crippen molar-refractivity contribution in [2.24, 2.45) is 27.2 Å². The molecule has 1 atom stereocenters. The lowest BCUT2D eigenvalue weighted by Gasteiger charge is -2.28. The van der Waals surface area contributed by atoms with Crippen LogP contribution in [0.3, 0.4) is 0 Å². The van der Waals surface area contributed by atoms with Gasteiger partial charge < -0.3 is 26.8 Å². The standard InChI is InChI=1S/C9H18N6O2/c1-6(13-9(12)14-8(10)11)7(16)15-2-4-17-5-3-15/h6H,2-5H2,1H3,(H6,10,11,12,13,14). The predicted molar refractivity (Wildman–Crippen MR) is 64.3 cm³/mol. The molecule has 0 aromatic rings. The predicted octanol–water partition coefficient (Wildman–Crippen LogP) is -2.18. The Bertz CT molecular complexity index is 330. The van der Waals surface area contributed by atoms with Crippen LogP contribution in [0.5, 0.6) is 0 Å². The van der Waals surface area contributed by atoms with Crippen molar-refractivity contribution >= 4 is 17.8 Å². The lowest BCUT2D eigenvalue weighted by molar-refractivity contribution is -0.136. The van der Waals surface area contributed by atoms with Crippen molar-refractivity contribution < 1.29 is 9.53 Å². The second-order valence-electron chi connectivity index (χ2n) is 3.64. The van der Waals surface area contributed by atoms with Crippen LogP contribution in [-0.4, -0.2) is 55.1 Å². The van der Waals surface area contributed by atoms with E-state index >= 15 is 0 Å². The van der Waals surface area contributed by atoms with Crippen molar-refractivity contribution in [3.63, 3.8) is 0 Å². The van der Waals surface area contributed by atoms with E-state index in [-0.39, 0.29) is 17.8 Å². The summed E-state index contributed by atoms with van der Waals surface area (Å²) in [5.74, 6) is -0.390. The van der Waals surface area contributed by atoms with Crippen LogP contribution in [0, 0.1) is 0 Å². The summed E-state index contributed by atoms with van der Waals surface area (Å²) in [6.45, 7) is 3.88. The zero-order chi connectivity index (χ0) is 12.8. The SMILES string of the molecule is CC(N=C(N)N=C(N)N)C(=O)N1CCOCC1. The fraction of sp³-hybridized carbons (Fsp3) is 0.667. The number of morpholine rings is 1. The minimum absolute atomic E-state index is 0.0980. The summed E-state index contributed by atoms with van der Waals surface area (Å²) in [4.78, 5) is 21.1. The van der Waals surface area contributed by atoms with Gasteiger partial charge in [-0.05, 0) is 6.92 Å². The molecule has 1 amide bonds. The molecular formula is C9H18N6O2. The summed E-state index contributed by atoms with van der Waals surface area (Å²) >= 11 is 0. The van der Waals surface area contributed by atoms with E-state index in [1.807, 2.05) is 0 Å². The molecule has 8 nitrogen and oxygen atoms in total. The molecule has 1 unspecified atom stereocenters. The quantitative estimate of drug-likeness (QED) is 0.374. The molecule has 1 saturated heterocycles. The average Bonchev–Trinajstić information content (AvgIpc) is 2.28. The number of guanidine groups is 2. The molecule has 0 aromatic heterocycles. The Balaban J connectivity index is 2.59. The Morgan fingerprint density at radius 3 is 2.41 bits per heavy atom. The lowest BCUT2D eigenvalue weighted by Crippen LogP contribution is -2.44. The van der Waals surface area contributed by atoms with Crippen molar-refractivity contribution in [1.29, 1.82) is 0 Å². The highest BCUT2D eigenvalue weighted by atomic mass is 16.5. The second kappa shape index (κ2) is 6.04. The average molecular weight is 242 g/mol. The van der Waals surface area contributed by atoms with Gasteiger partial charge in [0.25, 0.3) is 0 Å². The van der Waals surface area contributed by atoms with Crippen LogP contribution in [0.1, 0.15) is 6.92 Å². The summed E-state index contributed by atoms with van der Waals surface area (Å²) in [6, 6.07) is -0.601. The van der Waals surface area contributed by atoms with Crippen molar-refractivity contribution in [1.82, 2.24) is 4.90 Å². The number of rotatable bonds is 2. The molecule has 0 aromatic carbocycles. The first-order valence-electron chi connectivity index (χ1n) is 5.30. The fourth-order valence-corrected chi connectivity index (χ4v) is 1.46. The summed E-state index contributed by atoms with van der Waals surface area (Å²) in [6.07, 6.45) is 0. The van der Waals surface area contributed by atoms with E-state index < -0.39 is 6.04 Å². The van der Waals surface area contributed by atoms with E-state index in [4.69, 9.17) is 21.9 Å². The topological polar surface area (TPSA) is 132 Å². The third kappa shape index (κ3) is 4.27. The van der Waals surface area contributed by atoms with Crippen LogP contribution in [-0.2, 0) is 9.53 Å². The van der Waals surface area contributed by atoms with Gasteiger partial charge in [-0.2, -0.15) is 4.99 Å². The first-order valence-corrected chi connectivity index (χ1v) is 5.30. The van der Waals surface area contributed by atoms with Gasteiger partial charge in [0.15, 0.2) is 5.96 Å². The van der Waals surface area contributed by atoms with Gasteiger partial charge in [0.2, 0.25) is 11.9 Å². The molecule has 6 N–H and O–H groups in total. The van der Waals surface area contributed by atoms with Crippen LogP contribution in [0.4, 0.5) is 0 Å². The fourth-order valence-electron chi connectivity index (χ4n) is 1.46. The third-order valence-electron chi connectivity index (χ3n) is 2.25. The Labute approximate surface area is 99.5 Å². The van der Waals surface area contributed by atoms with Crippen LogP contribution in [0.25, 0.3) is 0 Å². The minimum atomic E-state index is -0.601. The molecule has 0 saturated carbocycles. The number of amides is 1. The van der Waals surface area contributed by atoms with E-state index in [9.17, 15) is 4.79 Å². The molecule has 8 heteroatoms. The van der Waals surface area contributed by atoms with Crippen molar-refractivity contribution in [3.05, 3.63) is 0 Å². The molecule has 1 aliphatic heterocycles. The third-order valence-corrected chi connectivity index (χ3v) is 2.25. The van der Waals surface area contributed by atoms with Gasteiger partial charge in [-0.1, -0.05) is 0 Å². The summed E-state index contributed by atoms with van der Waals surface area (Å²) < 4.78 is 5.15. The largest absolute Gasteiger partial charge is 0.378 e. The first kappa shape index (κ1) is 13.2. The van der Waals surface area contributed by atoms with Gasteiger partial charge in [0.1, 0.15) is 6.04 Å². The molecule has 1 heterocycles. The van der Waals surface area contributed by atoms with Crippen molar-refractivity contribution in [2.75, 3.05) is 26.3 Å². The van der Waals surface area contributed by atoms with Gasteiger partial charge >= 0.3 is 0 Å². The maximum absolute atomic E-state index is 11.9. The zero-order valence-electron chi connectivity index (χ0n) is 9.80. The van der Waals surface area contributed by atoms with Crippen LogP contribution in [0.2, 0.25) is 0 Å². The number of carbonyl (C=O) groups excluding carboxylic acids is 1. The molecule has 0 bridgehead atoms. The van der Waals surface area contributed by atoms with E-state index in [0.717, 1.165) is 0 Å². The number of hydrogen-bond acceptors (Lipinski definition) is 3. The number of nitrogens with zero attached hydrogens (tertiary/aromatic N) is 3. The number of carbonyl (C=O) groups is 1. The highest BCUT2D eigenvalue weighted by Crippen LogP contribution is 2.03. The van der Waals surface area contributed by atoms with Gasteiger partial charge in [-0.3, -0.25) is 4.79 Å². The molecule has 0 aliphatic carbocycles. The van der Waals surface area contributed by atoms with E-state index in [1.54, 1.807) is 11.8 Å². The molecular weight excluding hydrogens is 224 g/mol. The molecule has 1 rings (SSSR count). The summed E-state index contributed by atoms with van der Waals surface area (Å²) in [5.41, 5.74) is 15.7. The minimum Gasteiger partial charge on any atom is -0.378 e. The Morgan fingerprint density at radius 1 is 1.29 bits per heavy atom. The molecule has 96 valence electrons. The van der Waals surface area contributed by atoms with Crippen molar-refractivity contribution in [3.8, 4) is 0 Å². The zero-order valence-corrected chi connectivity index (χ0v) is 9.80. The Kier molecular flexibility index (Phi) is 4.70. The molecule has 17 heavy (non-hydrogen) atoms. The summed E-state index contributed by atoms with van der Waals surface area (Å²) in [7, 11) is 0. The van der Waals surface area contributed by atoms with E-state index in [0.29, 0.717) is 26.3 Å². The van der Waals surface area contributed by atoms with Gasteiger partial charge in [-0.25, -0.2) is 4.99 Å². The van der Waals surface area contributed by atoms with Crippen LogP contribution in [0.15, 0.2) is 9.98 Å². The molecule has 0 spiro atoms. The number of nitrogens with two attached hydrogens (primary N) is 3. The highest BCUT2D eigenvalue weighted by molar-refractivity contribution is 5.94. The van der Waals surface area contributed by atoms with Crippen molar-refractivity contribution in [2.45, 2.75) is 13.0 Å². The highest BCUT2D eigenvalue weighted by Gasteiger charge is 2.22. The van der Waals surface area contributed by atoms with E-state index in [2.05, 4.69) is 9.98 Å². The second-order valence-corrected chi connectivity index (χ2v) is 3.64. The molecule has 0 radical (unpaired) electrons. The maximum atomic E-state index is 11.9. The van der Waals surface area contributed by atoms with Gasteiger partial charge in [0.05, 0.1) is 13.2 Å². The van der Waals surface area contributed by atoms with Gasteiger partial charge in [0, 0.05) is 13.1 Å². The van der Waals surface area contributed by atoms with E-state index in [1.165, 1.54) is 0 Å². The smallest absolute Gasteiger partial charge is 0.247 e. The molecule has 1 fully saturated rings.